The summed E-state index contributed by atoms with van der Waals surface area (Å²) in [6.07, 6.45) is 1.06. The van der Waals surface area contributed by atoms with Crippen LogP contribution in [0.4, 0.5) is 6.01 Å². The van der Waals surface area contributed by atoms with Crippen molar-refractivity contribution in [1.82, 2.24) is 4.98 Å². The molecule has 1 aromatic heterocycles. The van der Waals surface area contributed by atoms with Crippen LogP contribution in [0.1, 0.15) is 31.0 Å². The van der Waals surface area contributed by atoms with Crippen LogP contribution in [-0.4, -0.2) is 4.98 Å². The van der Waals surface area contributed by atoms with Gasteiger partial charge in [-0.05, 0) is 36.6 Å². The van der Waals surface area contributed by atoms with E-state index in [0.717, 1.165) is 17.5 Å². The van der Waals surface area contributed by atoms with Gasteiger partial charge in [0.1, 0.15) is 5.52 Å². The van der Waals surface area contributed by atoms with Gasteiger partial charge in [-0.1, -0.05) is 43.3 Å². The van der Waals surface area contributed by atoms with E-state index in [9.17, 15) is 0 Å². The fraction of sp³-hybridized carbons (Fsp3) is 0.235. The highest BCUT2D eigenvalue weighted by Gasteiger charge is 2.10. The number of fused-ring (bicyclic) bond motifs is 1. The maximum atomic E-state index is 5.68. The molecule has 0 saturated carbocycles. The average molecular weight is 266 g/mol. The molecule has 0 radical (unpaired) electrons. The third kappa shape index (κ3) is 2.52. The minimum absolute atomic E-state index is 0.161. The average Bonchev–Trinajstić information content (AvgIpc) is 2.89. The molecule has 0 fully saturated rings. The summed E-state index contributed by atoms with van der Waals surface area (Å²) in [5.74, 6) is 0. The summed E-state index contributed by atoms with van der Waals surface area (Å²) >= 11 is 0. The molecule has 0 spiro atoms. The van der Waals surface area contributed by atoms with Crippen molar-refractivity contribution in [3.63, 3.8) is 0 Å². The van der Waals surface area contributed by atoms with E-state index in [-0.39, 0.29) is 6.04 Å². The van der Waals surface area contributed by atoms with Gasteiger partial charge in [0.25, 0.3) is 6.01 Å². The van der Waals surface area contributed by atoms with Crippen LogP contribution in [0, 0.1) is 0 Å². The number of anilines is 1. The van der Waals surface area contributed by atoms with Gasteiger partial charge in [-0.25, -0.2) is 0 Å². The summed E-state index contributed by atoms with van der Waals surface area (Å²) in [6.45, 7) is 4.27. The fourth-order valence-electron chi connectivity index (χ4n) is 2.24. The van der Waals surface area contributed by atoms with Crippen molar-refractivity contribution in [2.75, 3.05) is 5.32 Å². The van der Waals surface area contributed by atoms with Crippen molar-refractivity contribution >= 4 is 17.1 Å². The summed E-state index contributed by atoms with van der Waals surface area (Å²) in [7, 11) is 0. The first-order valence-corrected chi connectivity index (χ1v) is 6.97. The zero-order valence-corrected chi connectivity index (χ0v) is 11.8. The minimum Gasteiger partial charge on any atom is -0.424 e. The second-order valence-corrected chi connectivity index (χ2v) is 4.95. The lowest BCUT2D eigenvalue weighted by Crippen LogP contribution is -2.06. The van der Waals surface area contributed by atoms with Gasteiger partial charge in [0.05, 0.1) is 6.04 Å². The Balaban J connectivity index is 1.78. The number of rotatable bonds is 4. The maximum absolute atomic E-state index is 5.68. The number of nitrogens with zero attached hydrogens (tertiary/aromatic N) is 1. The van der Waals surface area contributed by atoms with Crippen LogP contribution >= 0.6 is 0 Å². The lowest BCUT2D eigenvalue weighted by molar-refractivity contribution is 0.604. The topological polar surface area (TPSA) is 38.1 Å². The van der Waals surface area contributed by atoms with Gasteiger partial charge in [-0.2, -0.15) is 4.98 Å². The first kappa shape index (κ1) is 12.7. The Kier molecular flexibility index (Phi) is 3.42. The normalized spacial score (nSPS) is 12.5. The van der Waals surface area contributed by atoms with Gasteiger partial charge in [0.2, 0.25) is 0 Å². The highest BCUT2D eigenvalue weighted by atomic mass is 16.4. The third-order valence-electron chi connectivity index (χ3n) is 3.52. The van der Waals surface area contributed by atoms with Crippen molar-refractivity contribution in [3.8, 4) is 0 Å². The van der Waals surface area contributed by atoms with Crippen LogP contribution < -0.4 is 5.32 Å². The van der Waals surface area contributed by atoms with Crippen LogP contribution in [0.25, 0.3) is 11.1 Å². The summed E-state index contributed by atoms with van der Waals surface area (Å²) in [5.41, 5.74) is 4.26. The van der Waals surface area contributed by atoms with Crippen molar-refractivity contribution in [3.05, 3.63) is 59.7 Å². The number of hydrogen-bond acceptors (Lipinski definition) is 3. The lowest BCUT2D eigenvalue weighted by Gasteiger charge is -2.12. The molecule has 0 amide bonds. The van der Waals surface area contributed by atoms with E-state index < -0.39 is 0 Å². The summed E-state index contributed by atoms with van der Waals surface area (Å²) in [5, 5.41) is 3.31. The Hall–Kier alpha value is -2.29. The molecule has 20 heavy (non-hydrogen) atoms. The molecule has 0 aliphatic rings. The second kappa shape index (κ2) is 5.37. The summed E-state index contributed by atoms with van der Waals surface area (Å²) in [6, 6.07) is 17.1. The van der Waals surface area contributed by atoms with E-state index in [1.807, 2.05) is 24.3 Å². The molecule has 1 N–H and O–H groups in total. The molecular formula is C17H18N2O. The largest absolute Gasteiger partial charge is 0.424 e. The van der Waals surface area contributed by atoms with E-state index in [1.165, 1.54) is 11.1 Å². The molecule has 3 heteroatoms. The second-order valence-electron chi connectivity index (χ2n) is 4.95. The van der Waals surface area contributed by atoms with Gasteiger partial charge in [-0.15, -0.1) is 0 Å². The maximum Gasteiger partial charge on any atom is 0.296 e. The molecule has 102 valence electrons. The zero-order chi connectivity index (χ0) is 13.9. The Morgan fingerprint density at radius 1 is 1.10 bits per heavy atom. The Bertz CT molecular complexity index is 667. The minimum atomic E-state index is 0.161. The number of oxazole rings is 1. The standard InChI is InChI=1S/C17H18N2O/c1-3-13-8-10-14(11-9-13)12(2)18-17-19-15-6-4-5-7-16(15)20-17/h4-12H,3H2,1-2H3,(H,18,19). The highest BCUT2D eigenvalue weighted by Crippen LogP contribution is 2.23. The summed E-state index contributed by atoms with van der Waals surface area (Å²) < 4.78 is 5.68. The molecule has 1 heterocycles. The van der Waals surface area contributed by atoms with Crippen LogP contribution in [0.5, 0.6) is 0 Å². The number of benzene rings is 2. The molecular weight excluding hydrogens is 248 g/mol. The van der Waals surface area contributed by atoms with Crippen LogP contribution in [-0.2, 0) is 6.42 Å². The molecule has 1 atom stereocenters. The van der Waals surface area contributed by atoms with Crippen LogP contribution in [0.3, 0.4) is 0 Å². The Morgan fingerprint density at radius 2 is 1.85 bits per heavy atom. The fourth-order valence-corrected chi connectivity index (χ4v) is 2.24. The van der Waals surface area contributed by atoms with E-state index in [4.69, 9.17) is 4.42 Å². The molecule has 0 aliphatic carbocycles. The lowest BCUT2D eigenvalue weighted by atomic mass is 10.1. The molecule has 3 rings (SSSR count). The molecule has 0 bridgehead atoms. The Labute approximate surface area is 118 Å². The first-order chi connectivity index (χ1) is 9.76. The predicted octanol–water partition coefficient (Wildman–Crippen LogP) is 4.56. The molecule has 1 unspecified atom stereocenters. The molecule has 3 aromatic rings. The zero-order valence-electron chi connectivity index (χ0n) is 11.8. The summed E-state index contributed by atoms with van der Waals surface area (Å²) in [4.78, 5) is 4.43. The van der Waals surface area contributed by atoms with E-state index in [2.05, 4.69) is 48.4 Å². The van der Waals surface area contributed by atoms with E-state index in [0.29, 0.717) is 6.01 Å². The first-order valence-electron chi connectivity index (χ1n) is 6.97. The van der Waals surface area contributed by atoms with Crippen molar-refractivity contribution in [1.29, 1.82) is 0 Å². The predicted molar refractivity (Wildman–Crippen MR) is 81.9 cm³/mol. The number of aromatic nitrogens is 1. The Morgan fingerprint density at radius 3 is 2.55 bits per heavy atom. The van der Waals surface area contributed by atoms with E-state index in [1.54, 1.807) is 0 Å². The molecule has 0 saturated heterocycles. The molecule has 3 nitrogen and oxygen atoms in total. The third-order valence-corrected chi connectivity index (χ3v) is 3.52. The van der Waals surface area contributed by atoms with Gasteiger partial charge >= 0.3 is 0 Å². The smallest absolute Gasteiger partial charge is 0.296 e. The van der Waals surface area contributed by atoms with Crippen molar-refractivity contribution in [2.24, 2.45) is 0 Å². The highest BCUT2D eigenvalue weighted by molar-refractivity contribution is 5.74. The van der Waals surface area contributed by atoms with Crippen molar-refractivity contribution in [2.45, 2.75) is 26.3 Å². The van der Waals surface area contributed by atoms with Gasteiger partial charge < -0.3 is 9.73 Å². The number of hydrogen-bond donors (Lipinski definition) is 1. The van der Waals surface area contributed by atoms with Crippen LogP contribution in [0.15, 0.2) is 52.9 Å². The van der Waals surface area contributed by atoms with Gasteiger partial charge in [-0.3, -0.25) is 0 Å². The SMILES string of the molecule is CCc1ccc(C(C)Nc2nc3ccccc3o2)cc1. The quantitative estimate of drug-likeness (QED) is 0.752. The number of nitrogens with one attached hydrogen (secondary N) is 1. The number of para-hydroxylation sites is 2. The van der Waals surface area contributed by atoms with Crippen molar-refractivity contribution < 1.29 is 4.42 Å². The number of aryl methyl sites for hydroxylation is 1. The monoisotopic (exact) mass is 266 g/mol. The van der Waals surface area contributed by atoms with Gasteiger partial charge in [0.15, 0.2) is 5.58 Å². The van der Waals surface area contributed by atoms with Crippen LogP contribution in [0.2, 0.25) is 0 Å². The molecule has 2 aromatic carbocycles. The van der Waals surface area contributed by atoms with E-state index >= 15 is 0 Å². The molecule has 0 aliphatic heterocycles. The van der Waals surface area contributed by atoms with Gasteiger partial charge in [0, 0.05) is 0 Å².